The number of esters is 2. The van der Waals surface area contributed by atoms with E-state index in [1.165, 1.54) is 33.3 Å². The molecule has 4 nitrogen and oxygen atoms in total. The van der Waals surface area contributed by atoms with Crippen molar-refractivity contribution < 1.29 is 19.1 Å². The van der Waals surface area contributed by atoms with Gasteiger partial charge in [-0.1, -0.05) is 119 Å². The molecule has 0 saturated carbocycles. The highest BCUT2D eigenvalue weighted by Gasteiger charge is 2.08. The number of hydrogen-bond donors (Lipinski definition) is 0. The first kappa shape index (κ1) is 38.7. The lowest BCUT2D eigenvalue weighted by Crippen LogP contribution is -2.10. The van der Waals surface area contributed by atoms with Gasteiger partial charge in [0.2, 0.25) is 0 Å². The largest absolute Gasteiger partial charge is 0.469 e. The Balaban J connectivity index is -0.0000000965. The molecule has 0 N–H and O–H groups in total. The average Bonchev–Trinajstić information content (AvgIpc) is 2.81. The molecule has 1 aromatic carbocycles. The monoisotopic (exact) mass is 428 g/mol. The van der Waals surface area contributed by atoms with Gasteiger partial charge in [0.15, 0.2) is 0 Å². The summed E-state index contributed by atoms with van der Waals surface area (Å²) in [5.41, 5.74) is 1.02. The van der Waals surface area contributed by atoms with E-state index in [9.17, 15) is 9.59 Å². The summed E-state index contributed by atoms with van der Waals surface area (Å²) in [6.45, 7) is 22.2. The Morgan fingerprint density at radius 3 is 1.50 bits per heavy atom. The minimum atomic E-state index is -0.242. The highest BCUT2D eigenvalue weighted by atomic mass is 16.5. The maximum absolute atomic E-state index is 10.5. The van der Waals surface area contributed by atoms with Crippen molar-refractivity contribution in [2.24, 2.45) is 5.92 Å². The third-order valence-electron chi connectivity index (χ3n) is 3.00. The van der Waals surface area contributed by atoms with Crippen molar-refractivity contribution in [1.29, 1.82) is 0 Å². The Hall–Kier alpha value is -1.84. The van der Waals surface area contributed by atoms with Crippen LogP contribution in [0.15, 0.2) is 30.3 Å². The number of unbranched alkanes of at least 4 members (excludes halogenated alkanes) is 1. The van der Waals surface area contributed by atoms with Crippen molar-refractivity contribution in [2.45, 2.75) is 108 Å². The number of rotatable bonds is 5. The van der Waals surface area contributed by atoms with E-state index in [1.807, 2.05) is 71.9 Å². The molecule has 0 aliphatic rings. The molecular weight excluding hydrogens is 376 g/mol. The van der Waals surface area contributed by atoms with E-state index in [1.54, 1.807) is 0 Å². The molecule has 1 aromatic rings. The summed E-state index contributed by atoms with van der Waals surface area (Å²) in [5, 5.41) is 0. The molecule has 0 spiro atoms. The first-order valence-electron chi connectivity index (χ1n) is 11.6. The molecule has 1 rings (SSSR count). The molecule has 0 amide bonds. The van der Waals surface area contributed by atoms with Crippen LogP contribution in [0.4, 0.5) is 0 Å². The van der Waals surface area contributed by atoms with E-state index in [0.29, 0.717) is 6.61 Å². The minimum absolute atomic E-state index is 0.0556. The molecule has 0 unspecified atom stereocenters. The third kappa shape index (κ3) is 40.7. The van der Waals surface area contributed by atoms with Crippen LogP contribution in [0.25, 0.3) is 0 Å². The molecule has 0 aliphatic carbocycles. The zero-order chi connectivity index (χ0) is 24.8. The molecule has 1 atom stereocenters. The van der Waals surface area contributed by atoms with E-state index in [2.05, 4.69) is 32.4 Å². The Labute approximate surface area is 188 Å². The quantitative estimate of drug-likeness (QED) is 0.443. The van der Waals surface area contributed by atoms with Gasteiger partial charge in [0.05, 0.1) is 13.0 Å². The molecule has 0 fully saturated rings. The van der Waals surface area contributed by atoms with Gasteiger partial charge in [-0.15, -0.1) is 0 Å². The summed E-state index contributed by atoms with van der Waals surface area (Å²) in [4.78, 5) is 20.9. The third-order valence-corrected chi connectivity index (χ3v) is 3.00. The van der Waals surface area contributed by atoms with Gasteiger partial charge < -0.3 is 9.47 Å². The van der Waals surface area contributed by atoms with Crippen molar-refractivity contribution in [1.82, 2.24) is 0 Å². The van der Waals surface area contributed by atoms with Crippen LogP contribution in [-0.4, -0.2) is 19.0 Å². The van der Waals surface area contributed by atoms with Crippen LogP contribution in [0.5, 0.6) is 0 Å². The van der Waals surface area contributed by atoms with E-state index in [0.717, 1.165) is 12.0 Å². The van der Waals surface area contributed by atoms with Gasteiger partial charge >= 0.3 is 11.9 Å². The summed E-state index contributed by atoms with van der Waals surface area (Å²) in [6, 6.07) is 9.60. The second-order valence-corrected chi connectivity index (χ2v) is 5.81. The molecule has 4 heteroatoms. The predicted octanol–water partition coefficient (Wildman–Crippen LogP) is 8.23. The summed E-state index contributed by atoms with van der Waals surface area (Å²) >= 11 is 0. The summed E-state index contributed by atoms with van der Waals surface area (Å²) < 4.78 is 9.25. The molecular formula is C26H52O4. The Bertz CT molecular complexity index is 414. The number of benzene rings is 1. The first-order valence-corrected chi connectivity index (χ1v) is 11.6. The Kier molecular flexibility index (Phi) is 48.9. The van der Waals surface area contributed by atoms with Gasteiger partial charge in [-0.3, -0.25) is 9.59 Å². The van der Waals surface area contributed by atoms with E-state index in [4.69, 9.17) is 4.74 Å². The number of hydrogen-bond acceptors (Lipinski definition) is 4. The van der Waals surface area contributed by atoms with E-state index < -0.39 is 0 Å². The number of carbonyl (C=O) groups excluding carboxylic acids is 2. The zero-order valence-electron chi connectivity index (χ0n) is 22.1. The van der Waals surface area contributed by atoms with E-state index >= 15 is 0 Å². The molecule has 0 heterocycles. The van der Waals surface area contributed by atoms with Crippen molar-refractivity contribution in [3.8, 4) is 0 Å². The fourth-order valence-electron chi connectivity index (χ4n) is 1.13. The lowest BCUT2D eigenvalue weighted by atomic mass is 10.1. The highest BCUT2D eigenvalue weighted by Crippen LogP contribution is 2.01. The maximum Gasteiger partial charge on any atom is 0.308 e. The van der Waals surface area contributed by atoms with Gasteiger partial charge in [0.25, 0.3) is 0 Å². The second kappa shape index (κ2) is 37.8. The molecule has 0 aliphatic heterocycles. The molecule has 0 saturated heterocycles. The number of carbonyl (C=O) groups is 2. The zero-order valence-corrected chi connectivity index (χ0v) is 22.1. The van der Waals surface area contributed by atoms with Crippen LogP contribution in [0.1, 0.15) is 107 Å². The van der Waals surface area contributed by atoms with Crippen molar-refractivity contribution >= 4 is 11.9 Å². The smallest absolute Gasteiger partial charge is 0.308 e. The van der Waals surface area contributed by atoms with Gasteiger partial charge in [-0.25, -0.2) is 0 Å². The number of ether oxygens (including phenoxy) is 2. The molecule has 0 radical (unpaired) electrons. The van der Waals surface area contributed by atoms with Crippen molar-refractivity contribution in [2.75, 3.05) is 7.11 Å². The van der Waals surface area contributed by atoms with Crippen molar-refractivity contribution in [3.05, 3.63) is 35.9 Å². The first-order chi connectivity index (χ1) is 14.3. The van der Waals surface area contributed by atoms with Crippen LogP contribution in [-0.2, 0) is 25.7 Å². The topological polar surface area (TPSA) is 52.6 Å². The van der Waals surface area contributed by atoms with Crippen LogP contribution in [0.3, 0.4) is 0 Å². The van der Waals surface area contributed by atoms with Crippen LogP contribution in [0.2, 0.25) is 0 Å². The fourth-order valence-corrected chi connectivity index (χ4v) is 1.13. The minimum Gasteiger partial charge on any atom is -0.469 e. The van der Waals surface area contributed by atoms with Gasteiger partial charge in [-0.2, -0.15) is 0 Å². The molecule has 30 heavy (non-hydrogen) atoms. The van der Waals surface area contributed by atoms with Gasteiger partial charge in [-0.05, 0) is 12.0 Å². The summed E-state index contributed by atoms with van der Waals surface area (Å²) in [7, 11) is 1.41. The molecule has 180 valence electrons. The predicted molar refractivity (Wildman–Crippen MR) is 133 cm³/mol. The number of methoxy groups -OCH3 is 1. The Morgan fingerprint density at radius 1 is 0.867 bits per heavy atom. The maximum atomic E-state index is 10.5. The summed E-state index contributed by atoms with van der Waals surface area (Å²) in [6.07, 6.45) is 4.74. The highest BCUT2D eigenvalue weighted by molar-refractivity contribution is 5.71. The second-order valence-electron chi connectivity index (χ2n) is 5.81. The lowest BCUT2D eigenvalue weighted by Gasteiger charge is -2.02. The van der Waals surface area contributed by atoms with Crippen molar-refractivity contribution in [3.63, 3.8) is 0 Å². The standard InChI is InChI=1S/C9H10O2.C6H12O2.C4H10.C3H8.2C2H6/c1-8(10)11-7-9-5-3-2-4-6-9;1-4-5(2)6(7)8-3;1-3-4-2;1-3-2;2*1-2/h2-6H,7H2,1H3;5H,4H2,1-3H3;3-4H2,1-2H3;3H2,1-2H3;2*1-2H3/t;5-;;;;/m.0..../s1. The Morgan fingerprint density at radius 2 is 1.27 bits per heavy atom. The van der Waals surface area contributed by atoms with Crippen LogP contribution < -0.4 is 0 Å². The SMILES string of the molecule is CC.CC.CC(=O)OCc1ccccc1.CCC.CCCC.CC[C@H](C)C(=O)OC. The van der Waals surface area contributed by atoms with Crippen LogP contribution >= 0.6 is 0 Å². The van der Waals surface area contributed by atoms with Gasteiger partial charge in [0.1, 0.15) is 6.61 Å². The average molecular weight is 429 g/mol. The normalized spacial score (nSPS) is 8.80. The fraction of sp³-hybridized carbons (Fsp3) is 0.692. The van der Waals surface area contributed by atoms with Crippen LogP contribution in [0, 0.1) is 5.92 Å². The van der Waals surface area contributed by atoms with E-state index in [-0.39, 0.29) is 17.9 Å². The lowest BCUT2D eigenvalue weighted by molar-refractivity contribution is -0.145. The van der Waals surface area contributed by atoms with Gasteiger partial charge in [0, 0.05) is 6.92 Å². The molecule has 0 bridgehead atoms. The summed E-state index contributed by atoms with van der Waals surface area (Å²) in [5.74, 6) is -0.304. The molecule has 0 aromatic heterocycles.